The van der Waals surface area contributed by atoms with Gasteiger partial charge in [-0.1, -0.05) is 93.8 Å². The first-order chi connectivity index (χ1) is 27.9. The molecule has 15 nitrogen and oxygen atoms in total. The lowest BCUT2D eigenvalue weighted by Crippen LogP contribution is -2.48. The fourth-order valence-corrected chi connectivity index (χ4v) is 7.83. The zero-order valence-electron chi connectivity index (χ0n) is 33.2. The maximum Gasteiger partial charge on any atom is 0.474 e. The van der Waals surface area contributed by atoms with E-state index in [1.165, 1.54) is 12.7 Å². The van der Waals surface area contributed by atoms with Crippen molar-refractivity contribution in [2.45, 2.75) is 72.1 Å². The van der Waals surface area contributed by atoms with Crippen molar-refractivity contribution in [1.82, 2.24) is 15.7 Å². The van der Waals surface area contributed by atoms with Crippen molar-refractivity contribution in [2.75, 3.05) is 26.7 Å². The van der Waals surface area contributed by atoms with E-state index >= 15 is 0 Å². The molecule has 17 heteroatoms. The number of carbonyl (C=O) groups excluding carboxylic acids is 3. The second kappa shape index (κ2) is 23.1. The summed E-state index contributed by atoms with van der Waals surface area (Å²) in [6, 6.07) is 25.5. The number of hydroxylamine groups is 2. The minimum atomic E-state index is -4.54. The van der Waals surface area contributed by atoms with E-state index in [9.17, 15) is 28.4 Å². The van der Waals surface area contributed by atoms with Crippen LogP contribution in [0.2, 0.25) is 0 Å². The molecule has 0 aliphatic rings. The van der Waals surface area contributed by atoms with Crippen molar-refractivity contribution >= 4 is 38.7 Å². The summed E-state index contributed by atoms with van der Waals surface area (Å²) in [5.41, 5.74) is 2.05. The van der Waals surface area contributed by atoms with Crippen LogP contribution in [-0.4, -0.2) is 61.0 Å². The lowest BCUT2D eigenvalue weighted by atomic mass is 9.90. The smallest absolute Gasteiger partial charge is 0.474 e. The molecule has 314 valence electrons. The maximum atomic E-state index is 13.7. The van der Waals surface area contributed by atoms with Gasteiger partial charge in [0.2, 0.25) is 19.7 Å². The molecule has 3 aromatic carbocycles. The Bertz CT molecular complexity index is 2000. The number of phosphoric ester groups is 1. The fraction of sp³-hybridized carbons (Fsp3) is 0.390. The van der Waals surface area contributed by atoms with Gasteiger partial charge in [-0.3, -0.25) is 28.0 Å². The van der Waals surface area contributed by atoms with Crippen LogP contribution in [0.25, 0.3) is 11.3 Å². The monoisotopic (exact) mass is 841 g/mol. The molecule has 58 heavy (non-hydrogen) atoms. The molecule has 0 aliphatic heterocycles. The molecule has 0 bridgehead atoms. The molecule has 1 heterocycles. The van der Waals surface area contributed by atoms with Gasteiger partial charge in [0.1, 0.15) is 11.5 Å². The van der Waals surface area contributed by atoms with E-state index in [2.05, 4.69) is 10.6 Å². The van der Waals surface area contributed by atoms with Crippen LogP contribution in [0.3, 0.4) is 0 Å². The first-order valence-corrected chi connectivity index (χ1v) is 22.7. The van der Waals surface area contributed by atoms with E-state index in [1.807, 2.05) is 44.2 Å². The Kier molecular flexibility index (Phi) is 18.4. The molecule has 1 aromatic heterocycles. The minimum absolute atomic E-state index is 0.0343. The largest absolute Gasteiger partial charge is 0.494 e. The van der Waals surface area contributed by atoms with Crippen molar-refractivity contribution in [3.8, 4) is 17.1 Å². The summed E-state index contributed by atoms with van der Waals surface area (Å²) >= 11 is 0. The molecule has 0 radical (unpaired) electrons. The third-order valence-electron chi connectivity index (χ3n) is 9.04. The van der Waals surface area contributed by atoms with Crippen LogP contribution >= 0.6 is 15.2 Å². The van der Waals surface area contributed by atoms with Crippen molar-refractivity contribution in [2.24, 2.45) is 5.92 Å². The Balaban J connectivity index is 1.37. The molecule has 3 N–H and O–H groups in total. The predicted molar refractivity (Wildman–Crippen MR) is 218 cm³/mol. The van der Waals surface area contributed by atoms with Gasteiger partial charge >= 0.3 is 7.82 Å². The molecule has 2 unspecified atom stereocenters. The third kappa shape index (κ3) is 14.4. The Morgan fingerprint density at radius 2 is 1.53 bits per heavy atom. The van der Waals surface area contributed by atoms with Crippen LogP contribution in [0.5, 0.6) is 5.75 Å². The average Bonchev–Trinajstić information content (AvgIpc) is 3.73. The van der Waals surface area contributed by atoms with Gasteiger partial charge in [-0.25, -0.2) is 14.5 Å². The standard InChI is InChI=1S/C41H53N3O12P2/c1-5-8-11-20-36(37(6-2)44(29-45)52-30-55-58(49,50)54-27-32-18-14-10-15-19-32)40(46)42-28-43-41(47)39-22-21-38(56-39)33-23-34(51-7-3)25-35(24-33)57(4,48)53-26-31-16-12-9-13-17-31/h9-10,12-19,21-25,29,36-37H,5-8,11,20,26-28,30H2,1-4H3,(H,42,46)(H,43,47)(H,49,50)/t36-,37-,57?/m1/s1. The highest BCUT2D eigenvalue weighted by atomic mass is 31.2. The van der Waals surface area contributed by atoms with E-state index < -0.39 is 45.8 Å². The molecule has 0 aliphatic carbocycles. The van der Waals surface area contributed by atoms with Crippen LogP contribution in [0.4, 0.5) is 0 Å². The summed E-state index contributed by atoms with van der Waals surface area (Å²) in [7, 11) is -7.85. The van der Waals surface area contributed by atoms with Crippen molar-refractivity contribution in [1.29, 1.82) is 0 Å². The van der Waals surface area contributed by atoms with Crippen LogP contribution in [-0.2, 0) is 50.3 Å². The zero-order chi connectivity index (χ0) is 42.0. The molecular formula is C41H53N3O12P2. The zero-order valence-corrected chi connectivity index (χ0v) is 35.0. The number of nitrogens with one attached hydrogen (secondary N) is 2. The molecule has 0 fully saturated rings. The van der Waals surface area contributed by atoms with Gasteiger partial charge in [-0.2, -0.15) is 0 Å². The number of carbonyl (C=O) groups is 3. The summed E-state index contributed by atoms with van der Waals surface area (Å²) in [6.07, 6.45) is 3.47. The lowest BCUT2D eigenvalue weighted by molar-refractivity contribution is -0.221. The number of unbranched alkanes of at least 4 members (excludes halogenated alkanes) is 2. The number of hydrogen-bond donors (Lipinski definition) is 3. The van der Waals surface area contributed by atoms with E-state index in [0.29, 0.717) is 60.2 Å². The number of hydrogen-bond acceptors (Lipinski definition) is 11. The van der Waals surface area contributed by atoms with Gasteiger partial charge in [0.25, 0.3) is 5.91 Å². The molecular weight excluding hydrogens is 788 g/mol. The number of ether oxygens (including phenoxy) is 1. The second-order valence-corrected chi connectivity index (χ2v) is 17.2. The summed E-state index contributed by atoms with van der Waals surface area (Å²) in [6.45, 7) is 6.45. The van der Waals surface area contributed by atoms with Gasteiger partial charge in [0.15, 0.2) is 12.6 Å². The number of nitrogens with zero attached hydrogens (tertiary/aromatic N) is 1. The van der Waals surface area contributed by atoms with Crippen LogP contribution in [0.1, 0.15) is 74.6 Å². The first-order valence-electron chi connectivity index (χ1n) is 19.1. The van der Waals surface area contributed by atoms with E-state index in [4.69, 9.17) is 27.6 Å². The topological polar surface area (TPSA) is 192 Å². The van der Waals surface area contributed by atoms with Gasteiger partial charge in [-0.15, -0.1) is 0 Å². The van der Waals surface area contributed by atoms with E-state index in [0.717, 1.165) is 23.5 Å². The maximum absolute atomic E-state index is 13.7. The number of amides is 3. The minimum Gasteiger partial charge on any atom is -0.494 e. The predicted octanol–water partition coefficient (Wildman–Crippen LogP) is 7.56. The molecule has 0 saturated heterocycles. The molecule has 3 amide bonds. The second-order valence-electron chi connectivity index (χ2n) is 13.3. The number of furan rings is 1. The molecule has 0 saturated carbocycles. The molecule has 4 aromatic rings. The lowest BCUT2D eigenvalue weighted by Gasteiger charge is -2.32. The fourth-order valence-electron chi connectivity index (χ4n) is 5.98. The normalized spacial score (nSPS) is 14.4. The van der Waals surface area contributed by atoms with Gasteiger partial charge < -0.3 is 29.2 Å². The summed E-state index contributed by atoms with van der Waals surface area (Å²) in [4.78, 5) is 54.4. The first kappa shape index (κ1) is 46.1. The van der Waals surface area contributed by atoms with Gasteiger partial charge in [0.05, 0.1) is 38.4 Å². The molecule has 0 spiro atoms. The highest BCUT2D eigenvalue weighted by molar-refractivity contribution is 7.66. The number of phosphoric acid groups is 1. The Morgan fingerprint density at radius 3 is 2.16 bits per heavy atom. The van der Waals surface area contributed by atoms with Crippen molar-refractivity contribution in [3.05, 3.63) is 108 Å². The SMILES string of the molecule is CCCCC[C@@H](C(=O)NCNC(=O)c1ccc(-c2cc(OCC)cc(P(C)(=O)OCc3ccccc3)c2)o1)[C@@H](CC)N(C=O)OCOP(=O)(O)OCc1ccccc1. The summed E-state index contributed by atoms with van der Waals surface area (Å²) in [5, 5.41) is 6.66. The Labute approximate surface area is 339 Å². The van der Waals surface area contributed by atoms with Crippen LogP contribution in [0.15, 0.2) is 95.4 Å². The van der Waals surface area contributed by atoms with Crippen molar-refractivity contribution in [3.63, 3.8) is 0 Å². The Hall–Kier alpha value is -4.59. The number of rotatable bonds is 26. The highest BCUT2D eigenvalue weighted by Crippen LogP contribution is 2.45. The highest BCUT2D eigenvalue weighted by Gasteiger charge is 2.33. The van der Waals surface area contributed by atoms with Gasteiger partial charge in [0, 0.05) is 17.5 Å². The number of benzene rings is 3. The van der Waals surface area contributed by atoms with Crippen molar-refractivity contribution < 1.29 is 56.0 Å². The Morgan fingerprint density at radius 1 is 0.862 bits per heavy atom. The van der Waals surface area contributed by atoms with E-state index in [1.54, 1.807) is 61.5 Å². The van der Waals surface area contributed by atoms with Gasteiger partial charge in [-0.05, 0) is 61.2 Å². The quantitative estimate of drug-likeness (QED) is 0.0185. The summed E-state index contributed by atoms with van der Waals surface area (Å²) in [5.74, 6) is -1.07. The van der Waals surface area contributed by atoms with E-state index in [-0.39, 0.29) is 25.6 Å². The average molecular weight is 842 g/mol. The third-order valence-corrected chi connectivity index (χ3v) is 11.7. The van der Waals surface area contributed by atoms with Crippen LogP contribution < -0.4 is 20.7 Å². The molecule has 4 rings (SSSR count). The summed E-state index contributed by atoms with van der Waals surface area (Å²) < 4.78 is 53.6. The van der Waals surface area contributed by atoms with Crippen LogP contribution in [0, 0.1) is 5.92 Å². The molecule has 4 atom stereocenters.